The van der Waals surface area contributed by atoms with Gasteiger partial charge in [-0.05, 0) is 46.1 Å². The number of piperazine rings is 1. The van der Waals surface area contributed by atoms with Crippen LogP contribution in [0, 0.1) is 11.7 Å². The Bertz CT molecular complexity index is 1100. The summed E-state index contributed by atoms with van der Waals surface area (Å²) in [6.07, 6.45) is 3.41. The molecule has 11 heteroatoms. The van der Waals surface area contributed by atoms with Crippen molar-refractivity contribution in [3.05, 3.63) is 23.3 Å². The van der Waals surface area contributed by atoms with Gasteiger partial charge in [-0.3, -0.25) is 10.00 Å². The van der Waals surface area contributed by atoms with Gasteiger partial charge >= 0.3 is 12.0 Å². The number of fused-ring (bicyclic) bond motifs is 2. The Balaban J connectivity index is 1.39. The zero-order chi connectivity index (χ0) is 24.9. The third-order valence-corrected chi connectivity index (χ3v) is 7.68. The Morgan fingerprint density at radius 2 is 2.14 bits per heavy atom. The number of halogens is 1. The molecule has 0 spiro atoms. The third-order valence-electron chi connectivity index (χ3n) is 7.68. The summed E-state index contributed by atoms with van der Waals surface area (Å²) in [4.78, 5) is 28.5. The molecule has 5 rings (SSSR count). The molecule has 10 nitrogen and oxygen atoms in total. The van der Waals surface area contributed by atoms with E-state index in [-0.39, 0.29) is 23.9 Å². The lowest BCUT2D eigenvalue weighted by Gasteiger charge is -2.48. The maximum absolute atomic E-state index is 14.4. The third kappa shape index (κ3) is 4.09. The van der Waals surface area contributed by atoms with Crippen LogP contribution in [0.3, 0.4) is 0 Å². The van der Waals surface area contributed by atoms with Gasteiger partial charge in [0.25, 0.3) is 0 Å². The topological polar surface area (TPSA) is 103 Å². The molecule has 3 aliphatic heterocycles. The summed E-state index contributed by atoms with van der Waals surface area (Å²) >= 11 is 0. The quantitative estimate of drug-likeness (QED) is 0.667. The van der Waals surface area contributed by atoms with Crippen LogP contribution in [0.5, 0.6) is 6.01 Å². The number of urea groups is 1. The van der Waals surface area contributed by atoms with E-state index in [1.807, 2.05) is 25.7 Å². The lowest BCUT2D eigenvalue weighted by atomic mass is 9.97. The zero-order valence-corrected chi connectivity index (χ0v) is 21.1. The van der Waals surface area contributed by atoms with E-state index in [1.165, 1.54) is 6.42 Å². The largest absolute Gasteiger partial charge is 0.464 e. The molecule has 5 heterocycles. The van der Waals surface area contributed by atoms with E-state index in [4.69, 9.17) is 4.74 Å². The van der Waals surface area contributed by atoms with E-state index in [1.54, 1.807) is 0 Å². The molecule has 2 N–H and O–H groups in total. The first-order valence-electron chi connectivity index (χ1n) is 12.5. The van der Waals surface area contributed by atoms with Gasteiger partial charge in [-0.1, -0.05) is 13.8 Å². The summed E-state index contributed by atoms with van der Waals surface area (Å²) in [6.45, 7) is 13.8. The van der Waals surface area contributed by atoms with Gasteiger partial charge in [-0.15, -0.1) is 0 Å². The van der Waals surface area contributed by atoms with Gasteiger partial charge in [0.2, 0.25) is 0 Å². The highest BCUT2D eigenvalue weighted by atomic mass is 19.1. The van der Waals surface area contributed by atoms with Gasteiger partial charge in [0.15, 0.2) is 17.5 Å². The van der Waals surface area contributed by atoms with Gasteiger partial charge in [-0.2, -0.15) is 10.1 Å². The average Bonchev–Trinajstić information content (AvgIpc) is 3.50. The number of carbonyl (C=O) groups excluding carboxylic acids is 1. The number of hydrogen-bond acceptors (Lipinski definition) is 7. The number of nitrogens with zero attached hydrogens (tertiary/aromatic N) is 6. The van der Waals surface area contributed by atoms with Crippen LogP contribution in [0.25, 0.3) is 0 Å². The van der Waals surface area contributed by atoms with Gasteiger partial charge in [0, 0.05) is 30.7 Å². The minimum Gasteiger partial charge on any atom is -0.464 e. The summed E-state index contributed by atoms with van der Waals surface area (Å²) in [7, 11) is 0. The number of nitrogens with one attached hydrogen (secondary N) is 2. The number of ether oxygens (including phenoxy) is 1. The average molecular weight is 487 g/mol. The van der Waals surface area contributed by atoms with Crippen molar-refractivity contribution in [2.45, 2.75) is 71.6 Å². The molecule has 2 saturated heterocycles. The summed E-state index contributed by atoms with van der Waals surface area (Å²) in [5, 5.41) is 10.4. The van der Waals surface area contributed by atoms with Crippen LogP contribution >= 0.6 is 0 Å². The Labute approximate surface area is 205 Å². The van der Waals surface area contributed by atoms with Crippen molar-refractivity contribution in [3.8, 4) is 6.01 Å². The Morgan fingerprint density at radius 3 is 2.89 bits per heavy atom. The van der Waals surface area contributed by atoms with Crippen molar-refractivity contribution in [1.29, 1.82) is 0 Å². The fourth-order valence-electron chi connectivity index (χ4n) is 5.66. The van der Waals surface area contributed by atoms with E-state index in [0.717, 1.165) is 43.5 Å². The van der Waals surface area contributed by atoms with Crippen molar-refractivity contribution < 1.29 is 13.9 Å². The maximum atomic E-state index is 14.4. The summed E-state index contributed by atoms with van der Waals surface area (Å²) in [5.41, 5.74) is 1.09. The maximum Gasteiger partial charge on any atom is 0.321 e. The number of amides is 2. The zero-order valence-electron chi connectivity index (χ0n) is 21.1. The molecule has 2 aromatic heterocycles. The second kappa shape index (κ2) is 8.92. The Kier molecular flexibility index (Phi) is 6.06. The fraction of sp³-hybridized carbons (Fsp3) is 0.667. The van der Waals surface area contributed by atoms with E-state index >= 15 is 0 Å². The molecule has 2 fully saturated rings. The van der Waals surface area contributed by atoms with Crippen LogP contribution in [0.4, 0.5) is 20.8 Å². The second-order valence-corrected chi connectivity index (χ2v) is 10.5. The molecule has 2 amide bonds. The van der Waals surface area contributed by atoms with Crippen molar-refractivity contribution in [2.75, 3.05) is 31.6 Å². The first kappa shape index (κ1) is 23.8. The number of aromatic nitrogens is 4. The number of H-pyrrole nitrogens is 1. The first-order chi connectivity index (χ1) is 16.7. The highest BCUT2D eigenvalue weighted by Gasteiger charge is 2.48. The molecule has 0 saturated carbocycles. The van der Waals surface area contributed by atoms with E-state index < -0.39 is 11.4 Å². The minimum absolute atomic E-state index is 0.0161. The molecule has 190 valence electrons. The van der Waals surface area contributed by atoms with Crippen LogP contribution in [0.15, 0.2) is 6.20 Å². The Morgan fingerprint density at radius 1 is 1.34 bits per heavy atom. The van der Waals surface area contributed by atoms with Gasteiger partial charge < -0.3 is 19.9 Å². The summed E-state index contributed by atoms with van der Waals surface area (Å²) in [5.74, 6) is 0.190. The number of rotatable bonds is 5. The van der Waals surface area contributed by atoms with E-state index in [0.29, 0.717) is 30.9 Å². The van der Waals surface area contributed by atoms with Crippen LogP contribution in [0.2, 0.25) is 0 Å². The number of anilines is 2. The standard InChI is InChI=1S/C24H35FN8O2/c1-6-35-22-26-10-17(25)21(28-22)27-20-16-12-33(24(4,5)19(16)29-30-20)23(34)32-11-15-8-7-9-31(15)13-18(32)14(2)3/h10,14-15,18H,6-9,11-13H2,1-5H3,(H2,26,27,28,29,30)/t15-,18+/m0/s1. The molecule has 2 aromatic rings. The number of carbonyl (C=O) groups is 1. The molecule has 2 atom stereocenters. The van der Waals surface area contributed by atoms with Gasteiger partial charge in [-0.25, -0.2) is 14.2 Å². The predicted octanol–water partition coefficient (Wildman–Crippen LogP) is 3.46. The molecule has 0 aromatic carbocycles. The number of aromatic amines is 1. The minimum atomic E-state index is -0.607. The van der Waals surface area contributed by atoms with Crippen LogP contribution in [0.1, 0.15) is 58.7 Å². The van der Waals surface area contributed by atoms with Crippen molar-refractivity contribution in [2.24, 2.45) is 5.92 Å². The summed E-state index contributed by atoms with van der Waals surface area (Å²) < 4.78 is 19.7. The SMILES string of the molecule is CCOc1ncc(F)c(Nc2n[nH]c3c2CN(C(=O)N2C[C@@H]4CCCN4C[C@@H]2C(C)C)C3(C)C)n1. The molecular weight excluding hydrogens is 451 g/mol. The fourth-order valence-corrected chi connectivity index (χ4v) is 5.66. The molecule has 3 aliphatic rings. The lowest BCUT2D eigenvalue weighted by molar-refractivity contribution is 0.0252. The highest BCUT2D eigenvalue weighted by Crippen LogP contribution is 2.42. The van der Waals surface area contributed by atoms with E-state index in [9.17, 15) is 9.18 Å². The summed E-state index contributed by atoms with van der Waals surface area (Å²) in [6, 6.07) is 0.750. The lowest BCUT2D eigenvalue weighted by Crippen LogP contribution is -2.62. The first-order valence-corrected chi connectivity index (χ1v) is 12.5. The molecular formula is C24H35FN8O2. The molecule has 0 bridgehead atoms. The molecule has 35 heavy (non-hydrogen) atoms. The molecule has 0 aliphatic carbocycles. The van der Waals surface area contributed by atoms with Gasteiger partial charge in [0.05, 0.1) is 30.6 Å². The number of hydrogen-bond donors (Lipinski definition) is 2. The predicted molar refractivity (Wildman–Crippen MR) is 129 cm³/mol. The second-order valence-electron chi connectivity index (χ2n) is 10.5. The van der Waals surface area contributed by atoms with Crippen molar-refractivity contribution >= 4 is 17.7 Å². The van der Waals surface area contributed by atoms with Crippen molar-refractivity contribution in [1.82, 2.24) is 34.9 Å². The van der Waals surface area contributed by atoms with Gasteiger partial charge in [0.1, 0.15) is 0 Å². The van der Waals surface area contributed by atoms with Crippen LogP contribution < -0.4 is 10.1 Å². The van der Waals surface area contributed by atoms with Crippen LogP contribution in [-0.2, 0) is 12.1 Å². The molecule has 0 radical (unpaired) electrons. The van der Waals surface area contributed by atoms with E-state index in [2.05, 4.69) is 49.1 Å². The normalized spacial score (nSPS) is 23.5. The monoisotopic (exact) mass is 486 g/mol. The molecule has 0 unspecified atom stereocenters. The highest BCUT2D eigenvalue weighted by molar-refractivity contribution is 5.78. The van der Waals surface area contributed by atoms with Crippen molar-refractivity contribution in [3.63, 3.8) is 0 Å². The smallest absolute Gasteiger partial charge is 0.321 e. The Hall–Kier alpha value is -2.95. The van der Waals surface area contributed by atoms with Crippen LogP contribution in [-0.4, -0.2) is 79.2 Å².